The van der Waals surface area contributed by atoms with Crippen LogP contribution >= 0.6 is 23.5 Å². The molecule has 100 valence electrons. The summed E-state index contributed by atoms with van der Waals surface area (Å²) in [6, 6.07) is 0.767. The molecule has 0 aromatic heterocycles. The second-order valence-corrected chi connectivity index (χ2v) is 8.26. The van der Waals surface area contributed by atoms with Gasteiger partial charge in [-0.1, -0.05) is 26.7 Å². The monoisotopic (exact) mass is 273 g/mol. The lowest BCUT2D eigenvalue weighted by Crippen LogP contribution is -2.44. The van der Waals surface area contributed by atoms with Gasteiger partial charge in [-0.05, 0) is 31.7 Å². The minimum atomic E-state index is 0.767. The van der Waals surface area contributed by atoms with Crippen LogP contribution in [0.4, 0.5) is 0 Å². The molecule has 3 heteroatoms. The Morgan fingerprint density at radius 1 is 1.24 bits per heavy atom. The van der Waals surface area contributed by atoms with Crippen LogP contribution in [0, 0.1) is 5.92 Å². The van der Waals surface area contributed by atoms with Crippen LogP contribution in [0.15, 0.2) is 0 Å². The van der Waals surface area contributed by atoms with E-state index in [9.17, 15) is 0 Å². The van der Waals surface area contributed by atoms with E-state index in [4.69, 9.17) is 0 Å². The van der Waals surface area contributed by atoms with Crippen molar-refractivity contribution in [1.82, 2.24) is 5.32 Å². The van der Waals surface area contributed by atoms with Gasteiger partial charge >= 0.3 is 0 Å². The number of hydrogen-bond acceptors (Lipinski definition) is 3. The molecule has 2 aliphatic rings. The van der Waals surface area contributed by atoms with Crippen molar-refractivity contribution in [3.8, 4) is 0 Å². The molecule has 0 amide bonds. The average molecular weight is 274 g/mol. The molecule has 1 aliphatic heterocycles. The van der Waals surface area contributed by atoms with E-state index >= 15 is 0 Å². The molecule has 1 saturated carbocycles. The van der Waals surface area contributed by atoms with Crippen molar-refractivity contribution >= 4 is 23.5 Å². The first-order chi connectivity index (χ1) is 8.31. The van der Waals surface area contributed by atoms with E-state index in [1.54, 1.807) is 0 Å². The predicted molar refractivity (Wildman–Crippen MR) is 82.2 cm³/mol. The lowest BCUT2D eigenvalue weighted by atomic mass is 10.0. The topological polar surface area (TPSA) is 12.0 Å². The fourth-order valence-electron chi connectivity index (χ4n) is 2.63. The largest absolute Gasteiger partial charge is 0.313 e. The van der Waals surface area contributed by atoms with Crippen LogP contribution < -0.4 is 5.32 Å². The van der Waals surface area contributed by atoms with Crippen LogP contribution in [-0.2, 0) is 0 Å². The molecule has 0 bridgehead atoms. The van der Waals surface area contributed by atoms with E-state index in [0.29, 0.717) is 0 Å². The molecule has 1 nitrogen and oxygen atoms in total. The van der Waals surface area contributed by atoms with Crippen LogP contribution in [0.5, 0.6) is 0 Å². The van der Waals surface area contributed by atoms with Crippen LogP contribution in [0.2, 0.25) is 0 Å². The third kappa shape index (κ3) is 4.68. The van der Waals surface area contributed by atoms with Gasteiger partial charge in [0.15, 0.2) is 0 Å². The first-order valence-corrected chi connectivity index (χ1v) is 9.37. The highest BCUT2D eigenvalue weighted by molar-refractivity contribution is 8.07. The molecule has 2 rings (SSSR count). The lowest BCUT2D eigenvalue weighted by molar-refractivity contribution is 0.439. The molecular weight excluding hydrogens is 246 g/mol. The Balaban J connectivity index is 1.81. The summed E-state index contributed by atoms with van der Waals surface area (Å²) in [7, 11) is 0. The predicted octanol–water partition coefficient (Wildman–Crippen LogP) is 3.78. The van der Waals surface area contributed by atoms with Crippen molar-refractivity contribution in [3.05, 3.63) is 0 Å². The second-order valence-electron chi connectivity index (χ2n) is 5.49. The minimum absolute atomic E-state index is 0.767. The maximum Gasteiger partial charge on any atom is 0.0317 e. The van der Waals surface area contributed by atoms with Gasteiger partial charge in [0, 0.05) is 28.0 Å². The number of thioether (sulfide) groups is 2. The summed E-state index contributed by atoms with van der Waals surface area (Å²) in [6.07, 6.45) is 7.15. The molecule has 1 N–H and O–H groups in total. The quantitative estimate of drug-likeness (QED) is 0.758. The highest BCUT2D eigenvalue weighted by Crippen LogP contribution is 2.38. The van der Waals surface area contributed by atoms with Crippen molar-refractivity contribution in [2.45, 2.75) is 62.5 Å². The highest BCUT2D eigenvalue weighted by Gasteiger charge is 2.31. The molecule has 17 heavy (non-hydrogen) atoms. The SMILES string of the molecule is CCCNC(CCC1CC1)C1SCCSC1C. The average Bonchev–Trinajstić information content (AvgIpc) is 3.15. The van der Waals surface area contributed by atoms with Crippen molar-refractivity contribution in [3.63, 3.8) is 0 Å². The maximum atomic E-state index is 3.82. The Morgan fingerprint density at radius 3 is 2.65 bits per heavy atom. The molecule has 3 unspecified atom stereocenters. The molecule has 0 radical (unpaired) electrons. The minimum Gasteiger partial charge on any atom is -0.313 e. The molecule has 0 aromatic rings. The molecule has 3 atom stereocenters. The van der Waals surface area contributed by atoms with Crippen molar-refractivity contribution in [1.29, 1.82) is 0 Å². The van der Waals surface area contributed by atoms with E-state index in [1.807, 2.05) is 0 Å². The molecule has 0 aromatic carbocycles. The van der Waals surface area contributed by atoms with Crippen LogP contribution in [0.1, 0.15) is 46.0 Å². The summed E-state index contributed by atoms with van der Waals surface area (Å²) in [5, 5.41) is 5.50. The summed E-state index contributed by atoms with van der Waals surface area (Å²) in [4.78, 5) is 0. The Bertz CT molecular complexity index is 218. The molecular formula is C14H27NS2. The first kappa shape index (κ1) is 14.1. The summed E-state index contributed by atoms with van der Waals surface area (Å²) < 4.78 is 0. The number of hydrogen-bond donors (Lipinski definition) is 1. The standard InChI is InChI=1S/C14H27NS2/c1-3-8-15-13(7-6-12-4-5-12)14-11(2)16-9-10-17-14/h11-15H,3-10H2,1-2H3. The van der Waals surface area contributed by atoms with Gasteiger partial charge in [0.1, 0.15) is 0 Å². The summed E-state index contributed by atoms with van der Waals surface area (Å²) in [5.41, 5.74) is 0. The fraction of sp³-hybridized carbons (Fsp3) is 1.00. The van der Waals surface area contributed by atoms with E-state index < -0.39 is 0 Å². The summed E-state index contributed by atoms with van der Waals surface area (Å²) >= 11 is 4.40. The Morgan fingerprint density at radius 2 is 2.00 bits per heavy atom. The summed E-state index contributed by atoms with van der Waals surface area (Å²) in [5.74, 6) is 3.79. The molecule has 1 heterocycles. The summed E-state index contributed by atoms with van der Waals surface area (Å²) in [6.45, 7) is 5.90. The third-order valence-electron chi connectivity index (χ3n) is 3.87. The van der Waals surface area contributed by atoms with Crippen molar-refractivity contribution in [2.75, 3.05) is 18.1 Å². The zero-order chi connectivity index (χ0) is 12.1. The van der Waals surface area contributed by atoms with Crippen LogP contribution in [0.25, 0.3) is 0 Å². The van der Waals surface area contributed by atoms with Gasteiger partial charge in [0.2, 0.25) is 0 Å². The molecule has 2 fully saturated rings. The highest BCUT2D eigenvalue weighted by atomic mass is 32.2. The van der Waals surface area contributed by atoms with Crippen LogP contribution in [0.3, 0.4) is 0 Å². The number of rotatable bonds is 7. The normalized spacial score (nSPS) is 31.4. The van der Waals surface area contributed by atoms with Crippen molar-refractivity contribution in [2.24, 2.45) is 5.92 Å². The first-order valence-electron chi connectivity index (χ1n) is 7.28. The van der Waals surface area contributed by atoms with E-state index in [1.165, 1.54) is 50.2 Å². The molecule has 0 spiro atoms. The van der Waals surface area contributed by atoms with E-state index in [-0.39, 0.29) is 0 Å². The van der Waals surface area contributed by atoms with Gasteiger partial charge in [-0.15, -0.1) is 0 Å². The smallest absolute Gasteiger partial charge is 0.0317 e. The zero-order valence-corrected chi connectivity index (χ0v) is 12.9. The van der Waals surface area contributed by atoms with Gasteiger partial charge in [0.05, 0.1) is 0 Å². The van der Waals surface area contributed by atoms with Gasteiger partial charge < -0.3 is 5.32 Å². The molecule has 1 saturated heterocycles. The second kappa shape index (κ2) is 7.30. The van der Waals surface area contributed by atoms with Gasteiger partial charge in [-0.2, -0.15) is 23.5 Å². The van der Waals surface area contributed by atoms with Gasteiger partial charge in [0.25, 0.3) is 0 Å². The Kier molecular flexibility index (Phi) is 6.04. The van der Waals surface area contributed by atoms with Gasteiger partial charge in [-0.3, -0.25) is 0 Å². The van der Waals surface area contributed by atoms with Gasteiger partial charge in [-0.25, -0.2) is 0 Å². The lowest BCUT2D eigenvalue weighted by Gasteiger charge is -2.35. The van der Waals surface area contributed by atoms with Crippen molar-refractivity contribution < 1.29 is 0 Å². The third-order valence-corrected chi connectivity index (χ3v) is 7.12. The van der Waals surface area contributed by atoms with Crippen LogP contribution in [-0.4, -0.2) is 34.6 Å². The van der Waals surface area contributed by atoms with E-state index in [2.05, 4.69) is 42.7 Å². The zero-order valence-electron chi connectivity index (χ0n) is 11.3. The fourth-order valence-corrected chi connectivity index (χ4v) is 5.63. The van der Waals surface area contributed by atoms with E-state index in [0.717, 1.165) is 22.5 Å². The Hall–Kier alpha value is 0.660. The number of nitrogens with one attached hydrogen (secondary N) is 1. The maximum absolute atomic E-state index is 3.82. The Labute approximate surface area is 115 Å². The molecule has 1 aliphatic carbocycles.